The second-order valence-corrected chi connectivity index (χ2v) is 4.42. The molecule has 1 aromatic rings. The van der Waals surface area contributed by atoms with Crippen LogP contribution in [0.2, 0.25) is 0 Å². The number of nitrogens with one attached hydrogen (secondary N) is 1. The number of carbonyl (C=O) groups is 2. The zero-order chi connectivity index (χ0) is 14.0. The SMILES string of the molecule is O=C(O)CC1CN(C(=O)Nc2cc(F)ccc2F)C1. The maximum absolute atomic E-state index is 13.3. The summed E-state index contributed by atoms with van der Waals surface area (Å²) in [5.41, 5.74) is -0.230. The van der Waals surface area contributed by atoms with Crippen LogP contribution in [0.4, 0.5) is 19.3 Å². The van der Waals surface area contributed by atoms with Crippen LogP contribution >= 0.6 is 0 Å². The first-order valence-electron chi connectivity index (χ1n) is 5.68. The third-order valence-electron chi connectivity index (χ3n) is 2.88. The lowest BCUT2D eigenvalue weighted by atomic mass is 9.97. The molecule has 7 heteroatoms. The van der Waals surface area contributed by atoms with Crippen LogP contribution in [-0.2, 0) is 4.79 Å². The fourth-order valence-electron chi connectivity index (χ4n) is 1.90. The van der Waals surface area contributed by atoms with Gasteiger partial charge in [-0.3, -0.25) is 4.79 Å². The molecule has 2 amide bonds. The van der Waals surface area contributed by atoms with E-state index in [1.54, 1.807) is 0 Å². The number of rotatable bonds is 3. The third kappa shape index (κ3) is 3.18. The van der Waals surface area contributed by atoms with E-state index in [2.05, 4.69) is 5.32 Å². The maximum atomic E-state index is 13.3. The fraction of sp³-hybridized carbons (Fsp3) is 0.333. The zero-order valence-electron chi connectivity index (χ0n) is 9.90. The number of anilines is 1. The van der Waals surface area contributed by atoms with Crippen LogP contribution in [-0.4, -0.2) is 35.1 Å². The van der Waals surface area contributed by atoms with E-state index >= 15 is 0 Å². The molecule has 0 spiro atoms. The molecule has 102 valence electrons. The molecule has 0 aliphatic carbocycles. The van der Waals surface area contributed by atoms with Gasteiger partial charge in [0.2, 0.25) is 0 Å². The molecule has 1 aliphatic heterocycles. The highest BCUT2D eigenvalue weighted by Gasteiger charge is 2.32. The van der Waals surface area contributed by atoms with Crippen molar-refractivity contribution in [2.24, 2.45) is 5.92 Å². The Labute approximate surface area is 107 Å². The Hall–Kier alpha value is -2.18. The summed E-state index contributed by atoms with van der Waals surface area (Å²) in [7, 11) is 0. The number of halogens is 2. The first kappa shape index (κ1) is 13.3. The average molecular weight is 270 g/mol. The van der Waals surface area contributed by atoms with Gasteiger partial charge in [-0.2, -0.15) is 0 Å². The Morgan fingerprint density at radius 2 is 2.05 bits per heavy atom. The van der Waals surface area contributed by atoms with Crippen molar-refractivity contribution in [2.45, 2.75) is 6.42 Å². The van der Waals surface area contributed by atoms with Crippen molar-refractivity contribution in [1.82, 2.24) is 4.90 Å². The lowest BCUT2D eigenvalue weighted by Crippen LogP contribution is -2.52. The molecule has 5 nitrogen and oxygen atoms in total. The van der Waals surface area contributed by atoms with Crippen molar-refractivity contribution in [2.75, 3.05) is 18.4 Å². The normalized spacial score (nSPS) is 14.9. The van der Waals surface area contributed by atoms with E-state index in [9.17, 15) is 18.4 Å². The lowest BCUT2D eigenvalue weighted by molar-refractivity contribution is -0.139. The summed E-state index contributed by atoms with van der Waals surface area (Å²) in [5.74, 6) is -2.37. The number of benzene rings is 1. The van der Waals surface area contributed by atoms with Crippen LogP contribution in [0.25, 0.3) is 0 Å². The highest BCUT2D eigenvalue weighted by Crippen LogP contribution is 2.21. The number of nitrogens with zero attached hydrogens (tertiary/aromatic N) is 1. The van der Waals surface area contributed by atoms with E-state index in [0.29, 0.717) is 13.1 Å². The molecule has 19 heavy (non-hydrogen) atoms. The highest BCUT2D eigenvalue weighted by molar-refractivity contribution is 5.90. The van der Waals surface area contributed by atoms with Gasteiger partial charge in [-0.25, -0.2) is 13.6 Å². The van der Waals surface area contributed by atoms with Crippen molar-refractivity contribution in [3.05, 3.63) is 29.8 Å². The van der Waals surface area contributed by atoms with Crippen molar-refractivity contribution in [3.63, 3.8) is 0 Å². The van der Waals surface area contributed by atoms with Gasteiger partial charge < -0.3 is 15.3 Å². The number of carboxylic acids is 1. The molecule has 2 rings (SSSR count). The van der Waals surface area contributed by atoms with E-state index in [-0.39, 0.29) is 18.0 Å². The van der Waals surface area contributed by atoms with Crippen LogP contribution < -0.4 is 5.32 Å². The van der Waals surface area contributed by atoms with E-state index < -0.39 is 23.6 Å². The van der Waals surface area contributed by atoms with Gasteiger partial charge in [0.15, 0.2) is 0 Å². The standard InChI is InChI=1S/C12H12F2N2O3/c13-8-1-2-9(14)10(4-8)15-12(19)16-5-7(6-16)3-11(17)18/h1-2,4,7H,3,5-6H2,(H,15,19)(H,17,18). The molecule has 1 heterocycles. The summed E-state index contributed by atoms with van der Waals surface area (Å²) >= 11 is 0. The molecule has 0 bridgehead atoms. The molecule has 1 aromatic carbocycles. The maximum Gasteiger partial charge on any atom is 0.321 e. The molecule has 0 aromatic heterocycles. The number of hydrogen-bond donors (Lipinski definition) is 2. The lowest BCUT2D eigenvalue weighted by Gasteiger charge is -2.38. The largest absolute Gasteiger partial charge is 0.481 e. The van der Waals surface area contributed by atoms with Crippen LogP contribution in [0.3, 0.4) is 0 Å². The molecule has 2 N–H and O–H groups in total. The average Bonchev–Trinajstić information content (AvgIpc) is 2.27. The number of carboxylic acid groups (broad SMARTS) is 1. The molecule has 1 aliphatic rings. The summed E-state index contributed by atoms with van der Waals surface area (Å²) in [6, 6.07) is 2.21. The van der Waals surface area contributed by atoms with Gasteiger partial charge >= 0.3 is 12.0 Å². The topological polar surface area (TPSA) is 69.6 Å². The minimum Gasteiger partial charge on any atom is -0.481 e. The quantitative estimate of drug-likeness (QED) is 0.881. The summed E-state index contributed by atoms with van der Waals surface area (Å²) in [6.07, 6.45) is -0.00188. The second-order valence-electron chi connectivity index (χ2n) is 4.42. The molecule has 0 saturated carbocycles. The number of amides is 2. The van der Waals surface area contributed by atoms with Crippen LogP contribution in [0, 0.1) is 17.6 Å². The minimum absolute atomic E-state index is 0.00188. The number of hydrogen-bond acceptors (Lipinski definition) is 2. The summed E-state index contributed by atoms with van der Waals surface area (Å²) in [5, 5.41) is 10.8. The van der Waals surface area contributed by atoms with E-state index in [4.69, 9.17) is 5.11 Å². The minimum atomic E-state index is -0.916. The number of aliphatic carboxylic acids is 1. The first-order chi connectivity index (χ1) is 8.95. The third-order valence-corrected chi connectivity index (χ3v) is 2.88. The molecular weight excluding hydrogens is 258 g/mol. The van der Waals surface area contributed by atoms with Gasteiger partial charge in [0, 0.05) is 25.1 Å². The predicted octanol–water partition coefficient (Wildman–Crippen LogP) is 1.90. The van der Waals surface area contributed by atoms with Crippen LogP contribution in [0.5, 0.6) is 0 Å². The fourth-order valence-corrected chi connectivity index (χ4v) is 1.90. The molecule has 0 atom stereocenters. The van der Waals surface area contributed by atoms with E-state index in [0.717, 1.165) is 18.2 Å². The Morgan fingerprint density at radius 1 is 1.37 bits per heavy atom. The van der Waals surface area contributed by atoms with Crippen molar-refractivity contribution >= 4 is 17.7 Å². The van der Waals surface area contributed by atoms with Gasteiger partial charge in [-0.05, 0) is 12.1 Å². The summed E-state index contributed by atoms with van der Waals surface area (Å²) in [4.78, 5) is 23.5. The van der Waals surface area contributed by atoms with Crippen molar-refractivity contribution < 1.29 is 23.5 Å². The van der Waals surface area contributed by atoms with Gasteiger partial charge in [0.1, 0.15) is 11.6 Å². The Kier molecular flexibility index (Phi) is 3.64. The van der Waals surface area contributed by atoms with Gasteiger partial charge in [0.05, 0.1) is 12.1 Å². The predicted molar refractivity (Wildman–Crippen MR) is 62.7 cm³/mol. The van der Waals surface area contributed by atoms with Crippen LogP contribution in [0.1, 0.15) is 6.42 Å². The van der Waals surface area contributed by atoms with Crippen LogP contribution in [0.15, 0.2) is 18.2 Å². The Balaban J connectivity index is 1.89. The van der Waals surface area contributed by atoms with E-state index in [1.165, 1.54) is 4.90 Å². The van der Waals surface area contributed by atoms with Crippen molar-refractivity contribution in [3.8, 4) is 0 Å². The molecule has 1 saturated heterocycles. The summed E-state index contributed by atoms with van der Waals surface area (Å²) in [6.45, 7) is 0.601. The smallest absolute Gasteiger partial charge is 0.321 e. The molecule has 0 unspecified atom stereocenters. The monoisotopic (exact) mass is 270 g/mol. The first-order valence-corrected chi connectivity index (χ1v) is 5.68. The van der Waals surface area contributed by atoms with E-state index in [1.807, 2.05) is 0 Å². The highest BCUT2D eigenvalue weighted by atomic mass is 19.1. The zero-order valence-corrected chi connectivity index (χ0v) is 9.90. The Bertz CT molecular complexity index is 516. The molecule has 1 fully saturated rings. The molecular formula is C12H12F2N2O3. The number of urea groups is 1. The summed E-state index contributed by atoms with van der Waals surface area (Å²) < 4.78 is 26.2. The van der Waals surface area contributed by atoms with Gasteiger partial charge in [-0.1, -0.05) is 0 Å². The Morgan fingerprint density at radius 3 is 2.68 bits per heavy atom. The number of likely N-dealkylation sites (tertiary alicyclic amines) is 1. The number of carbonyl (C=O) groups excluding carboxylic acids is 1. The van der Waals surface area contributed by atoms with Gasteiger partial charge in [-0.15, -0.1) is 0 Å². The van der Waals surface area contributed by atoms with Gasteiger partial charge in [0.25, 0.3) is 0 Å². The van der Waals surface area contributed by atoms with Crippen molar-refractivity contribution in [1.29, 1.82) is 0 Å². The second kappa shape index (κ2) is 5.21. The molecule has 0 radical (unpaired) electrons.